The van der Waals surface area contributed by atoms with E-state index in [1.807, 2.05) is 36.0 Å². The molecule has 182 valence electrons. The number of nitrogens with zero attached hydrogens (tertiary/aromatic N) is 2. The molecule has 2 aromatic rings. The fourth-order valence-electron chi connectivity index (χ4n) is 4.65. The van der Waals surface area contributed by atoms with Crippen LogP contribution in [0.25, 0.3) is 10.9 Å². The molecule has 0 spiro atoms. The first-order valence-corrected chi connectivity index (χ1v) is 12.9. The number of benzene rings is 1. The normalized spacial score (nSPS) is 20.6. The Morgan fingerprint density at radius 2 is 2.12 bits per heavy atom. The number of aliphatic hydroxyl groups excluding tert-OH is 1. The minimum Gasteiger partial charge on any atom is -0.497 e. The van der Waals surface area contributed by atoms with Gasteiger partial charge in [0.15, 0.2) is 0 Å². The summed E-state index contributed by atoms with van der Waals surface area (Å²) in [4.78, 5) is 18.7. The molecule has 0 radical (unpaired) electrons. The molecule has 1 aliphatic heterocycles. The van der Waals surface area contributed by atoms with Crippen LogP contribution in [0.1, 0.15) is 58.1 Å². The molecule has 3 rings (SSSR count). The van der Waals surface area contributed by atoms with Gasteiger partial charge in [0.2, 0.25) is 0 Å². The lowest BCUT2D eigenvalue weighted by atomic mass is 9.81. The molecule has 3 atom stereocenters. The lowest BCUT2D eigenvalue weighted by Gasteiger charge is -2.37. The Morgan fingerprint density at radius 1 is 1.33 bits per heavy atom. The molecule has 1 fully saturated rings. The van der Waals surface area contributed by atoms with Crippen LogP contribution in [0.15, 0.2) is 30.5 Å². The van der Waals surface area contributed by atoms with Crippen molar-refractivity contribution in [1.82, 2.24) is 9.88 Å². The Morgan fingerprint density at radius 3 is 2.82 bits per heavy atom. The highest BCUT2D eigenvalue weighted by atomic mass is 32.2. The number of fused-ring (bicyclic) bond motifs is 1. The zero-order chi connectivity index (χ0) is 24.0. The minimum atomic E-state index is -0.720. The number of carbonyl (C=O) groups is 1. The van der Waals surface area contributed by atoms with Gasteiger partial charge in [0.1, 0.15) is 5.75 Å². The van der Waals surface area contributed by atoms with E-state index in [-0.39, 0.29) is 16.6 Å². The van der Waals surface area contributed by atoms with Crippen LogP contribution >= 0.6 is 11.8 Å². The summed E-state index contributed by atoms with van der Waals surface area (Å²) in [6.45, 7) is 9.16. The molecule has 1 aliphatic rings. The summed E-state index contributed by atoms with van der Waals surface area (Å²) in [5.74, 6) is 0.805. The molecule has 1 aromatic heterocycles. The predicted molar refractivity (Wildman–Crippen MR) is 135 cm³/mol. The number of piperidine rings is 1. The van der Waals surface area contributed by atoms with E-state index < -0.39 is 12.1 Å². The van der Waals surface area contributed by atoms with Crippen LogP contribution in [0.2, 0.25) is 0 Å². The average Bonchev–Trinajstić information content (AvgIpc) is 2.79. The van der Waals surface area contributed by atoms with Gasteiger partial charge in [-0.1, -0.05) is 20.8 Å². The van der Waals surface area contributed by atoms with Gasteiger partial charge in [-0.15, -0.1) is 0 Å². The van der Waals surface area contributed by atoms with Crippen molar-refractivity contribution in [2.45, 2.75) is 57.3 Å². The van der Waals surface area contributed by atoms with E-state index >= 15 is 0 Å². The number of pyridine rings is 1. The van der Waals surface area contributed by atoms with Crippen LogP contribution in [-0.4, -0.2) is 63.3 Å². The van der Waals surface area contributed by atoms with Gasteiger partial charge in [-0.3, -0.25) is 9.78 Å². The third kappa shape index (κ3) is 7.33. The van der Waals surface area contributed by atoms with E-state index in [9.17, 15) is 15.0 Å². The van der Waals surface area contributed by atoms with Crippen molar-refractivity contribution in [2.24, 2.45) is 11.8 Å². The van der Waals surface area contributed by atoms with E-state index in [1.54, 1.807) is 13.3 Å². The molecular formula is C26H38N2O4S. The number of hydrogen-bond acceptors (Lipinski definition) is 6. The van der Waals surface area contributed by atoms with Crippen LogP contribution in [0.3, 0.4) is 0 Å². The Kier molecular flexibility index (Phi) is 9.02. The number of aromatic nitrogens is 1. The summed E-state index contributed by atoms with van der Waals surface area (Å²) >= 11 is 1.96. The highest BCUT2D eigenvalue weighted by Gasteiger charge is 2.34. The molecule has 0 saturated carbocycles. The molecule has 0 amide bonds. The number of methoxy groups -OCH3 is 1. The quantitative estimate of drug-likeness (QED) is 0.469. The first-order valence-electron chi connectivity index (χ1n) is 11.9. The fraction of sp³-hybridized carbons (Fsp3) is 0.615. The van der Waals surface area contributed by atoms with Crippen LogP contribution in [-0.2, 0) is 4.79 Å². The predicted octanol–water partition coefficient (Wildman–Crippen LogP) is 5.00. The number of thioether (sulfide) groups is 1. The Labute approximate surface area is 201 Å². The summed E-state index contributed by atoms with van der Waals surface area (Å²) in [5.41, 5.74) is 1.63. The maximum absolute atomic E-state index is 12.0. The summed E-state index contributed by atoms with van der Waals surface area (Å²) in [6, 6.07) is 7.50. The van der Waals surface area contributed by atoms with Crippen LogP contribution in [0, 0.1) is 11.8 Å². The van der Waals surface area contributed by atoms with Gasteiger partial charge in [-0.05, 0) is 80.3 Å². The molecular weight excluding hydrogens is 436 g/mol. The van der Waals surface area contributed by atoms with Crippen molar-refractivity contribution in [1.29, 1.82) is 0 Å². The smallest absolute Gasteiger partial charge is 0.308 e. The number of aliphatic hydroxyl groups is 1. The largest absolute Gasteiger partial charge is 0.497 e. The van der Waals surface area contributed by atoms with Crippen molar-refractivity contribution in [2.75, 3.05) is 32.5 Å². The molecule has 2 heterocycles. The molecule has 1 unspecified atom stereocenters. The topological polar surface area (TPSA) is 82.9 Å². The molecule has 7 heteroatoms. The summed E-state index contributed by atoms with van der Waals surface area (Å²) < 4.78 is 5.60. The minimum absolute atomic E-state index is 0.0833. The van der Waals surface area contributed by atoms with Crippen molar-refractivity contribution in [3.8, 4) is 5.75 Å². The molecule has 33 heavy (non-hydrogen) atoms. The number of carboxylic acids is 1. The lowest BCUT2D eigenvalue weighted by molar-refractivity contribution is -0.146. The van der Waals surface area contributed by atoms with Gasteiger partial charge in [-0.2, -0.15) is 11.8 Å². The molecule has 1 aromatic carbocycles. The Hall–Kier alpha value is -1.83. The van der Waals surface area contributed by atoms with Crippen molar-refractivity contribution >= 4 is 28.6 Å². The Balaban J connectivity index is 1.57. The SMILES string of the molecule is COc1ccc2nccc(C(O)CC[C@@H]3CCN(CCCSC(C)(C)C)C[C@@H]3C(=O)O)c2c1. The zero-order valence-corrected chi connectivity index (χ0v) is 21.1. The van der Waals surface area contributed by atoms with Gasteiger partial charge in [0, 0.05) is 22.9 Å². The number of hydrogen-bond donors (Lipinski definition) is 2. The monoisotopic (exact) mass is 474 g/mol. The van der Waals surface area contributed by atoms with E-state index in [0.29, 0.717) is 19.4 Å². The van der Waals surface area contributed by atoms with Crippen molar-refractivity contribution < 1.29 is 19.7 Å². The molecule has 1 saturated heterocycles. The molecule has 0 aliphatic carbocycles. The number of likely N-dealkylation sites (tertiary alicyclic amines) is 1. The summed E-state index contributed by atoms with van der Waals surface area (Å²) in [5, 5.41) is 21.7. The van der Waals surface area contributed by atoms with Gasteiger partial charge in [-0.25, -0.2) is 0 Å². The highest BCUT2D eigenvalue weighted by molar-refractivity contribution is 8.00. The zero-order valence-electron chi connectivity index (χ0n) is 20.3. The van der Waals surface area contributed by atoms with E-state index in [1.165, 1.54) is 0 Å². The van der Waals surface area contributed by atoms with Gasteiger partial charge in [0.25, 0.3) is 0 Å². The van der Waals surface area contributed by atoms with E-state index in [2.05, 4.69) is 30.7 Å². The van der Waals surface area contributed by atoms with Crippen LogP contribution < -0.4 is 4.74 Å². The average molecular weight is 475 g/mol. The first-order chi connectivity index (χ1) is 15.7. The van der Waals surface area contributed by atoms with Gasteiger partial charge >= 0.3 is 5.97 Å². The van der Waals surface area contributed by atoms with Crippen LogP contribution in [0.5, 0.6) is 5.75 Å². The number of carboxylic acid groups (broad SMARTS) is 1. The fourth-order valence-corrected chi connectivity index (χ4v) is 5.54. The third-order valence-corrected chi connectivity index (χ3v) is 7.82. The highest BCUT2D eigenvalue weighted by Crippen LogP contribution is 2.34. The Bertz CT molecular complexity index is 930. The molecule has 0 bridgehead atoms. The van der Waals surface area contributed by atoms with E-state index in [4.69, 9.17) is 4.74 Å². The number of ether oxygens (including phenoxy) is 1. The standard InChI is InChI=1S/C26H38N2O4S/c1-26(2,3)33-15-5-13-28-14-11-18(22(17-28)25(30)31)6-9-24(29)20-10-12-27-23-8-7-19(32-4)16-21(20)23/h7-8,10,12,16,18,22,24,29H,5-6,9,11,13-15,17H2,1-4H3,(H,30,31)/t18-,22+,24?/m1/s1. The first kappa shape index (κ1) is 25.8. The van der Waals surface area contributed by atoms with E-state index in [0.717, 1.165) is 53.9 Å². The maximum atomic E-state index is 12.0. The molecule has 2 N–H and O–H groups in total. The number of rotatable bonds is 10. The second-order valence-electron chi connectivity index (χ2n) is 9.98. The van der Waals surface area contributed by atoms with Gasteiger partial charge in [0.05, 0.1) is 24.6 Å². The lowest BCUT2D eigenvalue weighted by Crippen LogP contribution is -2.44. The number of aliphatic carboxylic acids is 1. The second-order valence-corrected chi connectivity index (χ2v) is 11.9. The van der Waals surface area contributed by atoms with Crippen molar-refractivity contribution in [3.63, 3.8) is 0 Å². The third-order valence-electron chi connectivity index (χ3n) is 6.46. The second kappa shape index (κ2) is 11.5. The van der Waals surface area contributed by atoms with Gasteiger partial charge < -0.3 is 19.8 Å². The van der Waals surface area contributed by atoms with Crippen molar-refractivity contribution in [3.05, 3.63) is 36.0 Å². The maximum Gasteiger partial charge on any atom is 0.308 e. The van der Waals surface area contributed by atoms with Crippen LogP contribution in [0.4, 0.5) is 0 Å². The summed E-state index contributed by atoms with van der Waals surface area (Å²) in [6.07, 6.45) is 4.22. The summed E-state index contributed by atoms with van der Waals surface area (Å²) in [7, 11) is 1.62. The molecule has 6 nitrogen and oxygen atoms in total.